The van der Waals surface area contributed by atoms with Crippen LogP contribution in [0.5, 0.6) is 0 Å². The Morgan fingerprint density at radius 1 is 1.38 bits per heavy atom. The lowest BCUT2D eigenvalue weighted by atomic mass is 10.2. The highest BCUT2D eigenvalue weighted by atomic mass is 35.5. The van der Waals surface area contributed by atoms with Crippen LogP contribution in [-0.4, -0.2) is 33.2 Å². The van der Waals surface area contributed by atoms with Gasteiger partial charge < -0.3 is 10.1 Å². The van der Waals surface area contributed by atoms with Gasteiger partial charge in [0.2, 0.25) is 0 Å². The number of carbonyl (C=O) groups excluding carboxylic acids is 2. The van der Waals surface area contributed by atoms with E-state index < -0.39 is 23.4 Å². The summed E-state index contributed by atoms with van der Waals surface area (Å²) in [6.07, 6.45) is 0. The van der Waals surface area contributed by atoms with E-state index in [4.69, 9.17) is 16.3 Å². The number of nitrogens with one attached hydrogen (secondary N) is 1. The highest BCUT2D eigenvalue weighted by Gasteiger charge is 2.23. The van der Waals surface area contributed by atoms with Crippen molar-refractivity contribution in [1.82, 2.24) is 15.1 Å². The van der Waals surface area contributed by atoms with Crippen LogP contribution in [0.2, 0.25) is 5.02 Å². The molecule has 138 valence electrons. The zero-order valence-electron chi connectivity index (χ0n) is 14.2. The van der Waals surface area contributed by atoms with Crippen molar-refractivity contribution in [3.63, 3.8) is 0 Å². The molecular weight excluding hydrogens is 364 g/mol. The van der Waals surface area contributed by atoms with Gasteiger partial charge in [0.1, 0.15) is 17.9 Å². The molecule has 0 unspecified atom stereocenters. The third-order valence-corrected chi connectivity index (χ3v) is 3.78. The molecule has 26 heavy (non-hydrogen) atoms. The number of nitro groups is 1. The van der Waals surface area contributed by atoms with Crippen molar-refractivity contribution in [2.24, 2.45) is 0 Å². The third kappa shape index (κ3) is 5.03. The maximum Gasteiger partial charge on any atom is 0.328 e. The minimum atomic E-state index is -0.719. The first kappa shape index (κ1) is 19.4. The highest BCUT2D eigenvalue weighted by molar-refractivity contribution is 6.30. The fourth-order valence-electron chi connectivity index (χ4n) is 2.32. The zero-order chi connectivity index (χ0) is 19.3. The van der Waals surface area contributed by atoms with Gasteiger partial charge in [-0.05, 0) is 31.5 Å². The van der Waals surface area contributed by atoms with E-state index in [2.05, 4.69) is 10.4 Å². The van der Waals surface area contributed by atoms with E-state index in [9.17, 15) is 19.7 Å². The largest absolute Gasteiger partial charge is 0.454 e. The van der Waals surface area contributed by atoms with E-state index >= 15 is 0 Å². The zero-order valence-corrected chi connectivity index (χ0v) is 14.9. The van der Waals surface area contributed by atoms with Gasteiger partial charge in [0.15, 0.2) is 6.61 Å². The Bertz CT molecular complexity index is 849. The van der Waals surface area contributed by atoms with E-state index in [-0.39, 0.29) is 30.2 Å². The topological polar surface area (TPSA) is 116 Å². The number of aryl methyl sites for hydroxylation is 1. The number of esters is 1. The second-order valence-corrected chi connectivity index (χ2v) is 5.94. The van der Waals surface area contributed by atoms with Gasteiger partial charge in [-0.25, -0.2) is 0 Å². The van der Waals surface area contributed by atoms with Crippen LogP contribution in [0.25, 0.3) is 0 Å². The molecule has 1 amide bonds. The molecule has 2 aromatic rings. The van der Waals surface area contributed by atoms with Gasteiger partial charge in [0.25, 0.3) is 5.91 Å². The van der Waals surface area contributed by atoms with Gasteiger partial charge >= 0.3 is 11.7 Å². The van der Waals surface area contributed by atoms with E-state index in [1.807, 2.05) is 0 Å². The van der Waals surface area contributed by atoms with Crippen molar-refractivity contribution in [2.45, 2.75) is 26.9 Å². The lowest BCUT2D eigenvalue weighted by Crippen LogP contribution is -2.29. The van der Waals surface area contributed by atoms with Crippen LogP contribution in [0.15, 0.2) is 24.3 Å². The molecular formula is C16H17ClN4O5. The van der Waals surface area contributed by atoms with E-state index in [0.717, 1.165) is 5.56 Å². The number of amides is 1. The first-order chi connectivity index (χ1) is 12.3. The molecule has 1 N–H and O–H groups in total. The fraction of sp³-hybridized carbons (Fsp3) is 0.312. The maximum atomic E-state index is 11.8. The number of nitrogens with zero attached hydrogens (tertiary/aromatic N) is 3. The monoisotopic (exact) mass is 380 g/mol. The van der Waals surface area contributed by atoms with Gasteiger partial charge in [0, 0.05) is 11.6 Å². The van der Waals surface area contributed by atoms with Crippen LogP contribution in [0.4, 0.5) is 5.69 Å². The molecule has 0 saturated heterocycles. The average molecular weight is 381 g/mol. The lowest BCUT2D eigenvalue weighted by Gasteiger charge is -2.07. The number of hydrogen-bond donors (Lipinski definition) is 1. The molecule has 0 saturated carbocycles. The van der Waals surface area contributed by atoms with Gasteiger partial charge in [0.05, 0.1) is 4.92 Å². The van der Waals surface area contributed by atoms with Gasteiger partial charge in [-0.2, -0.15) is 5.10 Å². The van der Waals surface area contributed by atoms with Crippen molar-refractivity contribution in [3.8, 4) is 0 Å². The molecule has 0 aliphatic rings. The molecule has 1 aromatic carbocycles. The molecule has 1 heterocycles. The number of carbonyl (C=O) groups is 2. The van der Waals surface area contributed by atoms with Crippen molar-refractivity contribution in [3.05, 3.63) is 56.4 Å². The SMILES string of the molecule is Cc1nn(CC(=O)OCC(=O)NCc2cccc(Cl)c2)c(C)c1[N+](=O)[O-]. The molecule has 0 aliphatic heterocycles. The minimum Gasteiger partial charge on any atom is -0.454 e. The molecule has 1 aromatic heterocycles. The maximum absolute atomic E-state index is 11.8. The first-order valence-corrected chi connectivity index (χ1v) is 8.01. The summed E-state index contributed by atoms with van der Waals surface area (Å²) < 4.78 is 6.06. The quantitative estimate of drug-likeness (QED) is 0.445. The second-order valence-electron chi connectivity index (χ2n) is 5.50. The van der Waals surface area contributed by atoms with E-state index in [1.54, 1.807) is 24.3 Å². The Hall–Kier alpha value is -2.94. The molecule has 0 fully saturated rings. The molecule has 0 radical (unpaired) electrons. The molecule has 0 bridgehead atoms. The second kappa shape index (κ2) is 8.43. The highest BCUT2D eigenvalue weighted by Crippen LogP contribution is 2.21. The molecule has 0 atom stereocenters. The number of benzene rings is 1. The number of hydrogen-bond acceptors (Lipinski definition) is 6. The summed E-state index contributed by atoms with van der Waals surface area (Å²) in [5, 5.41) is 18.0. The van der Waals surface area contributed by atoms with Crippen LogP contribution >= 0.6 is 11.6 Å². The van der Waals surface area contributed by atoms with Crippen molar-refractivity contribution >= 4 is 29.2 Å². The van der Waals surface area contributed by atoms with Crippen molar-refractivity contribution in [1.29, 1.82) is 0 Å². The summed E-state index contributed by atoms with van der Waals surface area (Å²) in [4.78, 5) is 34.0. The van der Waals surface area contributed by atoms with Crippen LogP contribution in [0.3, 0.4) is 0 Å². The van der Waals surface area contributed by atoms with E-state index in [0.29, 0.717) is 5.02 Å². The first-order valence-electron chi connectivity index (χ1n) is 7.63. The van der Waals surface area contributed by atoms with E-state index in [1.165, 1.54) is 18.5 Å². The Morgan fingerprint density at radius 2 is 2.12 bits per heavy atom. The van der Waals surface area contributed by atoms with Crippen LogP contribution in [-0.2, 0) is 27.4 Å². The summed E-state index contributed by atoms with van der Waals surface area (Å²) in [7, 11) is 0. The Labute approximate surface area is 154 Å². The minimum absolute atomic E-state index is 0.142. The van der Waals surface area contributed by atoms with Crippen molar-refractivity contribution in [2.75, 3.05) is 6.61 Å². The average Bonchev–Trinajstić information content (AvgIpc) is 2.84. The van der Waals surface area contributed by atoms with Crippen LogP contribution in [0.1, 0.15) is 17.0 Å². The standard InChI is InChI=1S/C16H17ClN4O5/c1-10-16(21(24)25)11(2)20(19-10)8-15(23)26-9-14(22)18-7-12-4-3-5-13(17)6-12/h3-6H,7-9H2,1-2H3,(H,18,22). The van der Waals surface area contributed by atoms with Gasteiger partial charge in [-0.15, -0.1) is 0 Å². The Balaban J connectivity index is 1.82. The van der Waals surface area contributed by atoms with Crippen molar-refractivity contribution < 1.29 is 19.2 Å². The van der Waals surface area contributed by atoms with Gasteiger partial charge in [-0.1, -0.05) is 23.7 Å². The molecule has 10 heteroatoms. The summed E-state index contributed by atoms with van der Waals surface area (Å²) in [5.74, 6) is -1.19. The summed E-state index contributed by atoms with van der Waals surface area (Å²) >= 11 is 5.85. The normalized spacial score (nSPS) is 10.4. The molecule has 0 aliphatic carbocycles. The predicted molar refractivity (Wildman–Crippen MR) is 92.6 cm³/mol. The lowest BCUT2D eigenvalue weighted by molar-refractivity contribution is -0.386. The third-order valence-electron chi connectivity index (χ3n) is 3.55. The smallest absolute Gasteiger partial charge is 0.328 e. The Kier molecular flexibility index (Phi) is 6.29. The molecule has 2 rings (SSSR count). The summed E-state index contributed by atoms with van der Waals surface area (Å²) in [6.45, 7) is 2.45. The number of rotatable bonds is 7. The number of ether oxygens (including phenoxy) is 1. The van der Waals surface area contributed by atoms with Crippen LogP contribution < -0.4 is 5.32 Å². The molecule has 0 spiro atoms. The van der Waals surface area contributed by atoms with Crippen LogP contribution in [0, 0.1) is 24.0 Å². The Morgan fingerprint density at radius 3 is 2.73 bits per heavy atom. The van der Waals surface area contributed by atoms with Gasteiger partial charge in [-0.3, -0.25) is 24.4 Å². The predicted octanol–water partition coefficient (Wildman–Crippen LogP) is 1.92. The molecule has 9 nitrogen and oxygen atoms in total. The number of aromatic nitrogens is 2. The summed E-state index contributed by atoms with van der Waals surface area (Å²) in [6, 6.07) is 6.99. The fourth-order valence-corrected chi connectivity index (χ4v) is 2.53. The number of halogens is 1. The summed E-state index contributed by atoms with van der Waals surface area (Å²) in [5.41, 5.74) is 1.12.